The number of likely N-dealkylation sites (N-methyl/N-ethyl adjacent to an activating group) is 1. The predicted molar refractivity (Wildman–Crippen MR) is 129 cm³/mol. The maximum absolute atomic E-state index is 12.5. The van der Waals surface area contributed by atoms with Gasteiger partial charge in [0.2, 0.25) is 5.91 Å². The SMILES string of the molecule is CCN(CC)C(=O)C(C#N)=Cc1cccc(CCC(=O)N[C@@H](Cc2ccccc2)B(O)O)c1. The summed E-state index contributed by atoms with van der Waals surface area (Å²) >= 11 is 0. The van der Waals surface area contributed by atoms with Gasteiger partial charge in [-0.15, -0.1) is 0 Å². The fraction of sp³-hybridized carbons (Fsp3) is 0.320. The predicted octanol–water partition coefficient (Wildman–Crippen LogP) is 2.13. The summed E-state index contributed by atoms with van der Waals surface area (Å²) in [6.07, 6.45) is 2.46. The van der Waals surface area contributed by atoms with Gasteiger partial charge in [-0.2, -0.15) is 5.26 Å². The zero-order valence-corrected chi connectivity index (χ0v) is 19.1. The number of nitriles is 1. The zero-order chi connectivity index (χ0) is 24.2. The first-order valence-electron chi connectivity index (χ1n) is 11.1. The molecular weight excluding hydrogens is 417 g/mol. The number of hydrogen-bond acceptors (Lipinski definition) is 5. The molecule has 0 bridgehead atoms. The molecule has 0 unspecified atom stereocenters. The number of nitrogens with zero attached hydrogens (tertiary/aromatic N) is 2. The van der Waals surface area contributed by atoms with E-state index in [2.05, 4.69) is 5.32 Å². The lowest BCUT2D eigenvalue weighted by Crippen LogP contribution is -2.47. The van der Waals surface area contributed by atoms with Crippen LogP contribution in [0.25, 0.3) is 6.08 Å². The third-order valence-electron chi connectivity index (χ3n) is 5.31. The second kappa shape index (κ2) is 13.2. The van der Waals surface area contributed by atoms with Crippen molar-refractivity contribution in [2.75, 3.05) is 13.1 Å². The van der Waals surface area contributed by atoms with Crippen LogP contribution < -0.4 is 5.32 Å². The van der Waals surface area contributed by atoms with Crippen LogP contribution in [0.1, 0.15) is 37.0 Å². The van der Waals surface area contributed by atoms with E-state index in [9.17, 15) is 24.9 Å². The zero-order valence-electron chi connectivity index (χ0n) is 19.1. The van der Waals surface area contributed by atoms with E-state index >= 15 is 0 Å². The number of benzene rings is 2. The first-order chi connectivity index (χ1) is 15.9. The number of aryl methyl sites for hydroxylation is 1. The molecule has 8 heteroatoms. The Balaban J connectivity index is 2.01. The highest BCUT2D eigenvalue weighted by Gasteiger charge is 2.25. The summed E-state index contributed by atoms with van der Waals surface area (Å²) in [5, 5.41) is 31.4. The van der Waals surface area contributed by atoms with Crippen molar-refractivity contribution in [2.24, 2.45) is 0 Å². The maximum Gasteiger partial charge on any atom is 0.475 e. The molecule has 172 valence electrons. The smallest absolute Gasteiger partial charge is 0.426 e. The van der Waals surface area contributed by atoms with Crippen molar-refractivity contribution >= 4 is 25.0 Å². The molecule has 0 fully saturated rings. The Morgan fingerprint density at radius 3 is 2.36 bits per heavy atom. The molecule has 2 amide bonds. The lowest BCUT2D eigenvalue weighted by atomic mass is 9.76. The molecule has 33 heavy (non-hydrogen) atoms. The Morgan fingerprint density at radius 1 is 1.09 bits per heavy atom. The van der Waals surface area contributed by atoms with Gasteiger partial charge >= 0.3 is 7.12 Å². The first-order valence-corrected chi connectivity index (χ1v) is 11.1. The molecule has 0 radical (unpaired) electrons. The van der Waals surface area contributed by atoms with Gasteiger partial charge in [-0.25, -0.2) is 0 Å². The molecule has 0 spiro atoms. The van der Waals surface area contributed by atoms with E-state index in [0.29, 0.717) is 31.5 Å². The topological polar surface area (TPSA) is 114 Å². The van der Waals surface area contributed by atoms with Gasteiger partial charge in [0, 0.05) is 19.5 Å². The van der Waals surface area contributed by atoms with Crippen molar-refractivity contribution in [3.8, 4) is 6.07 Å². The summed E-state index contributed by atoms with van der Waals surface area (Å²) in [4.78, 5) is 26.5. The molecule has 7 nitrogen and oxygen atoms in total. The van der Waals surface area contributed by atoms with Gasteiger partial charge in [-0.3, -0.25) is 9.59 Å². The third-order valence-corrected chi connectivity index (χ3v) is 5.31. The number of carbonyl (C=O) groups is 2. The van der Waals surface area contributed by atoms with E-state index in [-0.39, 0.29) is 23.8 Å². The van der Waals surface area contributed by atoms with Crippen LogP contribution in [0.2, 0.25) is 0 Å². The van der Waals surface area contributed by atoms with Gasteiger partial charge in [-0.05, 0) is 49.5 Å². The number of amides is 2. The van der Waals surface area contributed by atoms with Crippen LogP contribution in [0, 0.1) is 11.3 Å². The van der Waals surface area contributed by atoms with Crippen LogP contribution in [0.3, 0.4) is 0 Å². The van der Waals surface area contributed by atoms with E-state index < -0.39 is 13.1 Å². The lowest BCUT2D eigenvalue weighted by molar-refractivity contribution is -0.126. The molecule has 0 aliphatic heterocycles. The van der Waals surface area contributed by atoms with Crippen LogP contribution in [-0.4, -0.2) is 52.9 Å². The van der Waals surface area contributed by atoms with E-state index in [1.807, 2.05) is 68.4 Å². The molecule has 0 saturated carbocycles. The summed E-state index contributed by atoms with van der Waals surface area (Å²) in [5.41, 5.74) is 2.53. The van der Waals surface area contributed by atoms with Crippen LogP contribution in [0.5, 0.6) is 0 Å². The van der Waals surface area contributed by atoms with E-state index in [1.54, 1.807) is 17.0 Å². The molecule has 0 aliphatic carbocycles. The van der Waals surface area contributed by atoms with Crippen molar-refractivity contribution < 1.29 is 19.6 Å². The Bertz CT molecular complexity index is 998. The molecule has 0 saturated heterocycles. The van der Waals surface area contributed by atoms with Gasteiger partial charge in [0.15, 0.2) is 0 Å². The summed E-state index contributed by atoms with van der Waals surface area (Å²) in [6, 6.07) is 18.6. The molecule has 2 aromatic rings. The monoisotopic (exact) mass is 447 g/mol. The van der Waals surface area contributed by atoms with Crippen molar-refractivity contribution in [2.45, 2.75) is 39.1 Å². The molecule has 0 aromatic heterocycles. The van der Waals surface area contributed by atoms with Gasteiger partial charge in [0.25, 0.3) is 5.91 Å². The highest BCUT2D eigenvalue weighted by atomic mass is 16.4. The molecule has 1 atom stereocenters. The third kappa shape index (κ3) is 8.22. The Kier molecular flexibility index (Phi) is 10.4. The van der Waals surface area contributed by atoms with Gasteiger partial charge in [0.1, 0.15) is 11.6 Å². The van der Waals surface area contributed by atoms with Crippen molar-refractivity contribution in [3.05, 3.63) is 76.9 Å². The van der Waals surface area contributed by atoms with Crippen LogP contribution in [-0.2, 0) is 22.4 Å². The van der Waals surface area contributed by atoms with Crippen LogP contribution in [0.4, 0.5) is 0 Å². The maximum atomic E-state index is 12.5. The largest absolute Gasteiger partial charge is 0.475 e. The number of carbonyl (C=O) groups excluding carboxylic acids is 2. The van der Waals surface area contributed by atoms with E-state index in [4.69, 9.17) is 0 Å². The van der Waals surface area contributed by atoms with Gasteiger partial charge in [-0.1, -0.05) is 54.6 Å². The normalized spacial score (nSPS) is 11.9. The molecule has 3 N–H and O–H groups in total. The number of hydrogen-bond donors (Lipinski definition) is 3. The fourth-order valence-corrected chi connectivity index (χ4v) is 3.46. The quantitative estimate of drug-likeness (QED) is 0.278. The van der Waals surface area contributed by atoms with Gasteiger partial charge < -0.3 is 20.3 Å². The van der Waals surface area contributed by atoms with E-state index in [1.165, 1.54) is 0 Å². The standard InChI is InChI=1S/C25H30BN3O4/c1-3-29(4-2)25(31)22(18-27)16-21-12-8-11-20(15-21)13-14-24(30)28-23(26(32)33)17-19-9-6-5-7-10-19/h5-12,15-16,23,32-33H,3-4,13-14,17H2,1-2H3,(H,28,30)/t23-/m0/s1. The second-order valence-electron chi connectivity index (χ2n) is 7.67. The minimum Gasteiger partial charge on any atom is -0.426 e. The average Bonchev–Trinajstić information content (AvgIpc) is 2.82. The van der Waals surface area contributed by atoms with Crippen molar-refractivity contribution in [1.82, 2.24) is 10.2 Å². The molecule has 0 heterocycles. The summed E-state index contributed by atoms with van der Waals surface area (Å²) in [7, 11) is -1.67. The highest BCUT2D eigenvalue weighted by Crippen LogP contribution is 2.13. The summed E-state index contributed by atoms with van der Waals surface area (Å²) in [5.74, 6) is -1.41. The van der Waals surface area contributed by atoms with Gasteiger partial charge in [0.05, 0.1) is 5.94 Å². The Morgan fingerprint density at radius 2 is 1.76 bits per heavy atom. The first kappa shape index (κ1) is 25.9. The lowest BCUT2D eigenvalue weighted by Gasteiger charge is -2.18. The highest BCUT2D eigenvalue weighted by molar-refractivity contribution is 6.43. The van der Waals surface area contributed by atoms with Crippen LogP contribution in [0.15, 0.2) is 60.2 Å². The average molecular weight is 447 g/mol. The molecule has 2 aromatic carbocycles. The number of rotatable bonds is 11. The summed E-state index contributed by atoms with van der Waals surface area (Å²) in [6.45, 7) is 4.78. The molecular formula is C25H30BN3O4. The molecule has 2 rings (SSSR count). The molecule has 0 aliphatic rings. The van der Waals surface area contributed by atoms with Crippen molar-refractivity contribution in [3.63, 3.8) is 0 Å². The Labute approximate surface area is 195 Å². The minimum absolute atomic E-state index is 0.0641. The summed E-state index contributed by atoms with van der Waals surface area (Å²) < 4.78 is 0. The van der Waals surface area contributed by atoms with E-state index in [0.717, 1.165) is 11.1 Å². The fourth-order valence-electron chi connectivity index (χ4n) is 3.46. The number of nitrogens with one attached hydrogen (secondary N) is 1. The van der Waals surface area contributed by atoms with Crippen LogP contribution >= 0.6 is 0 Å². The Hall–Kier alpha value is -3.41. The minimum atomic E-state index is -1.67. The van der Waals surface area contributed by atoms with Crippen molar-refractivity contribution in [1.29, 1.82) is 5.26 Å². The second-order valence-corrected chi connectivity index (χ2v) is 7.67.